The molecule has 0 atom stereocenters. The molecule has 26 heavy (non-hydrogen) atoms. The Bertz CT molecular complexity index is 828. The van der Waals surface area contributed by atoms with E-state index >= 15 is 0 Å². The summed E-state index contributed by atoms with van der Waals surface area (Å²) in [5, 5.41) is 12.0. The van der Waals surface area contributed by atoms with Crippen molar-refractivity contribution in [1.29, 1.82) is 0 Å². The SMILES string of the molecule is CCc1nnc(NC(=O)CCc2c(C)nc(N3CCOCC3)[nH]c2=O)s1. The third kappa shape index (κ3) is 4.44. The van der Waals surface area contributed by atoms with Crippen LogP contribution in [0.2, 0.25) is 0 Å². The van der Waals surface area contributed by atoms with Gasteiger partial charge in [-0.1, -0.05) is 18.3 Å². The zero-order valence-corrected chi connectivity index (χ0v) is 15.7. The number of aromatic nitrogens is 4. The highest BCUT2D eigenvalue weighted by molar-refractivity contribution is 7.15. The molecular weight excluding hydrogens is 356 g/mol. The van der Waals surface area contributed by atoms with Gasteiger partial charge in [-0.3, -0.25) is 14.6 Å². The second-order valence-electron chi connectivity index (χ2n) is 5.96. The minimum Gasteiger partial charge on any atom is -0.378 e. The number of carbonyl (C=O) groups excluding carboxylic acids is 1. The summed E-state index contributed by atoms with van der Waals surface area (Å²) in [4.78, 5) is 33.8. The van der Waals surface area contributed by atoms with Crippen molar-refractivity contribution in [2.45, 2.75) is 33.1 Å². The van der Waals surface area contributed by atoms with Gasteiger partial charge in [0.05, 0.1) is 13.2 Å². The molecule has 1 aliphatic rings. The lowest BCUT2D eigenvalue weighted by Crippen LogP contribution is -2.38. The number of anilines is 2. The molecule has 2 aromatic rings. The average molecular weight is 378 g/mol. The summed E-state index contributed by atoms with van der Waals surface area (Å²) in [6, 6.07) is 0. The highest BCUT2D eigenvalue weighted by Gasteiger charge is 2.17. The van der Waals surface area contributed by atoms with Crippen molar-refractivity contribution >= 4 is 28.3 Å². The average Bonchev–Trinajstić information content (AvgIpc) is 3.09. The van der Waals surface area contributed by atoms with E-state index in [1.54, 1.807) is 6.92 Å². The van der Waals surface area contributed by atoms with Crippen molar-refractivity contribution in [2.24, 2.45) is 0 Å². The molecule has 1 fully saturated rings. The van der Waals surface area contributed by atoms with Gasteiger partial charge in [-0.15, -0.1) is 10.2 Å². The third-order valence-electron chi connectivity index (χ3n) is 4.14. The van der Waals surface area contributed by atoms with Crippen LogP contribution in [0.15, 0.2) is 4.79 Å². The minimum atomic E-state index is -0.198. The minimum absolute atomic E-state index is 0.184. The van der Waals surface area contributed by atoms with Crippen LogP contribution >= 0.6 is 11.3 Å². The Balaban J connectivity index is 1.62. The van der Waals surface area contributed by atoms with E-state index in [0.717, 1.165) is 11.4 Å². The standard InChI is InChI=1S/C16H22N6O3S/c1-3-13-20-21-16(26-13)18-12(23)5-4-11-10(2)17-15(19-14(11)24)22-6-8-25-9-7-22/h3-9H2,1-2H3,(H,17,19,24)(H,18,21,23). The number of amides is 1. The molecule has 0 aliphatic carbocycles. The largest absolute Gasteiger partial charge is 0.378 e. The van der Waals surface area contributed by atoms with Crippen molar-refractivity contribution in [1.82, 2.24) is 20.2 Å². The lowest BCUT2D eigenvalue weighted by Gasteiger charge is -2.27. The summed E-state index contributed by atoms with van der Waals surface area (Å²) in [5.41, 5.74) is 0.979. The molecule has 0 aromatic carbocycles. The Morgan fingerprint density at radius 2 is 2.12 bits per heavy atom. The van der Waals surface area contributed by atoms with Crippen LogP contribution in [0.3, 0.4) is 0 Å². The van der Waals surface area contributed by atoms with Crippen LogP contribution in [-0.4, -0.2) is 52.4 Å². The predicted molar refractivity (Wildman–Crippen MR) is 98.9 cm³/mol. The molecule has 0 spiro atoms. The first kappa shape index (κ1) is 18.5. The Morgan fingerprint density at radius 1 is 1.35 bits per heavy atom. The van der Waals surface area contributed by atoms with Gasteiger partial charge in [0, 0.05) is 30.8 Å². The van der Waals surface area contributed by atoms with Crippen LogP contribution in [-0.2, 0) is 22.4 Å². The number of nitrogens with zero attached hydrogens (tertiary/aromatic N) is 4. The van der Waals surface area contributed by atoms with E-state index < -0.39 is 0 Å². The molecule has 9 nitrogen and oxygen atoms in total. The van der Waals surface area contributed by atoms with E-state index in [2.05, 4.69) is 25.5 Å². The molecule has 1 saturated heterocycles. The lowest BCUT2D eigenvalue weighted by molar-refractivity contribution is -0.116. The van der Waals surface area contributed by atoms with Crippen LogP contribution in [0, 0.1) is 6.92 Å². The maximum absolute atomic E-state index is 12.4. The van der Waals surface area contributed by atoms with Crippen LogP contribution < -0.4 is 15.8 Å². The van der Waals surface area contributed by atoms with Gasteiger partial charge in [0.2, 0.25) is 17.0 Å². The van der Waals surface area contributed by atoms with Gasteiger partial charge < -0.3 is 15.0 Å². The second kappa shape index (κ2) is 8.37. The molecule has 10 heteroatoms. The fraction of sp³-hybridized carbons (Fsp3) is 0.562. The lowest BCUT2D eigenvalue weighted by atomic mass is 10.1. The van der Waals surface area contributed by atoms with Crippen molar-refractivity contribution in [3.05, 3.63) is 26.6 Å². The number of rotatable bonds is 6. The number of ether oxygens (including phenoxy) is 1. The van der Waals surface area contributed by atoms with Crippen molar-refractivity contribution in [2.75, 3.05) is 36.5 Å². The maximum Gasteiger partial charge on any atom is 0.255 e. The molecule has 3 rings (SSSR count). The number of hydrogen-bond acceptors (Lipinski definition) is 8. The summed E-state index contributed by atoms with van der Waals surface area (Å²) in [6.07, 6.45) is 1.29. The molecule has 1 amide bonds. The van der Waals surface area contributed by atoms with Crippen LogP contribution in [0.5, 0.6) is 0 Å². The van der Waals surface area contributed by atoms with Gasteiger partial charge in [-0.25, -0.2) is 4.98 Å². The smallest absolute Gasteiger partial charge is 0.255 e. The van der Waals surface area contributed by atoms with Crippen LogP contribution in [0.4, 0.5) is 11.1 Å². The van der Waals surface area contributed by atoms with E-state index in [0.29, 0.717) is 55.1 Å². The number of hydrogen-bond donors (Lipinski definition) is 2. The van der Waals surface area contributed by atoms with E-state index in [1.165, 1.54) is 11.3 Å². The fourth-order valence-electron chi connectivity index (χ4n) is 2.68. The summed E-state index contributed by atoms with van der Waals surface area (Å²) < 4.78 is 5.31. The molecular formula is C16H22N6O3S. The predicted octanol–water partition coefficient (Wildman–Crippen LogP) is 0.900. The first-order valence-electron chi connectivity index (χ1n) is 8.61. The van der Waals surface area contributed by atoms with Gasteiger partial charge in [0.1, 0.15) is 5.01 Å². The zero-order valence-electron chi connectivity index (χ0n) is 14.9. The van der Waals surface area contributed by atoms with Crippen molar-refractivity contribution in [3.63, 3.8) is 0 Å². The quantitative estimate of drug-likeness (QED) is 0.768. The van der Waals surface area contributed by atoms with Crippen molar-refractivity contribution in [3.8, 4) is 0 Å². The number of nitrogens with one attached hydrogen (secondary N) is 2. The Hall–Kier alpha value is -2.33. The molecule has 0 bridgehead atoms. The number of morpholine rings is 1. The van der Waals surface area contributed by atoms with Crippen molar-refractivity contribution < 1.29 is 9.53 Å². The number of carbonyl (C=O) groups is 1. The number of aromatic amines is 1. The van der Waals surface area contributed by atoms with E-state index in [9.17, 15) is 9.59 Å². The molecule has 2 aromatic heterocycles. The highest BCUT2D eigenvalue weighted by atomic mass is 32.1. The summed E-state index contributed by atoms with van der Waals surface area (Å²) in [7, 11) is 0. The third-order valence-corrected chi connectivity index (χ3v) is 5.12. The first-order chi connectivity index (χ1) is 12.6. The van der Waals surface area contributed by atoms with Gasteiger partial charge in [0.15, 0.2) is 0 Å². The second-order valence-corrected chi connectivity index (χ2v) is 7.02. The van der Waals surface area contributed by atoms with Gasteiger partial charge in [-0.2, -0.15) is 0 Å². The topological polar surface area (TPSA) is 113 Å². The van der Waals surface area contributed by atoms with Gasteiger partial charge in [-0.05, 0) is 19.8 Å². The van der Waals surface area contributed by atoms with Crippen LogP contribution in [0.1, 0.15) is 29.6 Å². The Labute approximate surface area is 154 Å². The van der Waals surface area contributed by atoms with E-state index in [4.69, 9.17) is 4.74 Å². The first-order valence-corrected chi connectivity index (χ1v) is 9.43. The molecule has 140 valence electrons. The molecule has 3 heterocycles. The summed E-state index contributed by atoms with van der Waals surface area (Å²) >= 11 is 1.36. The molecule has 0 radical (unpaired) electrons. The van der Waals surface area contributed by atoms with Gasteiger partial charge >= 0.3 is 0 Å². The molecule has 1 aliphatic heterocycles. The molecule has 0 unspecified atom stereocenters. The monoisotopic (exact) mass is 378 g/mol. The summed E-state index contributed by atoms with van der Waals surface area (Å²) in [6.45, 7) is 6.42. The number of aryl methyl sites for hydroxylation is 2. The van der Waals surface area contributed by atoms with Crippen LogP contribution in [0.25, 0.3) is 0 Å². The van der Waals surface area contributed by atoms with E-state index in [-0.39, 0.29) is 17.9 Å². The van der Waals surface area contributed by atoms with E-state index in [1.807, 2.05) is 11.8 Å². The van der Waals surface area contributed by atoms with Gasteiger partial charge in [0.25, 0.3) is 5.56 Å². The Morgan fingerprint density at radius 3 is 2.77 bits per heavy atom. The zero-order chi connectivity index (χ0) is 18.5. The highest BCUT2D eigenvalue weighted by Crippen LogP contribution is 2.16. The molecule has 0 saturated carbocycles. The Kier molecular flexibility index (Phi) is 5.94. The number of H-pyrrole nitrogens is 1. The molecule has 2 N–H and O–H groups in total. The fourth-order valence-corrected chi connectivity index (χ4v) is 3.38. The normalized spacial score (nSPS) is 14.5. The maximum atomic E-state index is 12.4. The summed E-state index contributed by atoms with van der Waals surface area (Å²) in [5.74, 6) is 0.366.